The van der Waals surface area contributed by atoms with Gasteiger partial charge in [0, 0.05) is 29.4 Å². The molecule has 120 valence electrons. The first-order valence-electron chi connectivity index (χ1n) is 7.63. The molecule has 1 aliphatic heterocycles. The van der Waals surface area contributed by atoms with E-state index < -0.39 is 6.17 Å². The van der Waals surface area contributed by atoms with Crippen molar-refractivity contribution in [1.82, 2.24) is 4.90 Å². The second-order valence-electron chi connectivity index (χ2n) is 5.70. The molecule has 1 saturated heterocycles. The Balaban J connectivity index is 1.65. The summed E-state index contributed by atoms with van der Waals surface area (Å²) in [7, 11) is 0. The number of amides is 1. The molecule has 0 bridgehead atoms. The number of rotatable bonds is 4. The van der Waals surface area contributed by atoms with Crippen molar-refractivity contribution in [3.05, 3.63) is 64.7 Å². The molecule has 2 aromatic carbocycles. The normalized spacial score (nSPS) is 17.3. The minimum atomic E-state index is -0.898. The first-order chi connectivity index (χ1) is 11.1. The van der Waals surface area contributed by atoms with Gasteiger partial charge in [0.05, 0.1) is 6.54 Å². The number of hydrogen-bond donors (Lipinski definition) is 1. The summed E-state index contributed by atoms with van der Waals surface area (Å²) in [5, 5.41) is 3.99. The molecule has 0 unspecified atom stereocenters. The van der Waals surface area contributed by atoms with Gasteiger partial charge in [0.15, 0.2) is 0 Å². The molecule has 23 heavy (non-hydrogen) atoms. The van der Waals surface area contributed by atoms with Crippen molar-refractivity contribution in [3.8, 4) is 0 Å². The van der Waals surface area contributed by atoms with E-state index in [4.69, 9.17) is 11.6 Å². The van der Waals surface area contributed by atoms with Gasteiger partial charge in [-0.3, -0.25) is 4.79 Å². The van der Waals surface area contributed by atoms with Gasteiger partial charge in [-0.1, -0.05) is 29.8 Å². The zero-order valence-electron chi connectivity index (χ0n) is 12.6. The van der Waals surface area contributed by atoms with Crippen LogP contribution in [0.15, 0.2) is 48.5 Å². The van der Waals surface area contributed by atoms with Crippen molar-refractivity contribution in [3.63, 3.8) is 0 Å². The van der Waals surface area contributed by atoms with Crippen LogP contribution in [0.2, 0.25) is 5.02 Å². The summed E-state index contributed by atoms with van der Waals surface area (Å²) < 4.78 is 13.3. The number of hydrogen-bond acceptors (Lipinski definition) is 2. The van der Waals surface area contributed by atoms with Crippen molar-refractivity contribution >= 4 is 23.2 Å². The molecule has 0 aromatic heterocycles. The summed E-state index contributed by atoms with van der Waals surface area (Å²) in [5.41, 5.74) is 2.55. The van der Waals surface area contributed by atoms with Gasteiger partial charge >= 0.3 is 0 Å². The number of nitrogens with zero attached hydrogens (tertiary/aromatic N) is 1. The highest BCUT2D eigenvalue weighted by atomic mass is 35.5. The highest BCUT2D eigenvalue weighted by Crippen LogP contribution is 2.19. The van der Waals surface area contributed by atoms with E-state index in [1.165, 1.54) is 0 Å². The molecule has 0 spiro atoms. The van der Waals surface area contributed by atoms with E-state index in [9.17, 15) is 9.18 Å². The molecule has 2 aromatic rings. The summed E-state index contributed by atoms with van der Waals surface area (Å²) in [6.45, 7) is 1.33. The fourth-order valence-corrected chi connectivity index (χ4v) is 2.78. The summed E-state index contributed by atoms with van der Waals surface area (Å²) in [6, 6.07) is 14.9. The summed E-state index contributed by atoms with van der Waals surface area (Å²) in [6.07, 6.45) is -0.467. The lowest BCUT2D eigenvalue weighted by Gasteiger charge is -2.16. The third kappa shape index (κ3) is 4.02. The molecule has 5 heteroatoms. The quantitative estimate of drug-likeness (QED) is 0.912. The minimum Gasteiger partial charge on any atom is -0.381 e. The van der Waals surface area contributed by atoms with E-state index in [-0.39, 0.29) is 12.5 Å². The van der Waals surface area contributed by atoms with Crippen LogP contribution in [0.4, 0.5) is 10.1 Å². The van der Waals surface area contributed by atoms with Crippen molar-refractivity contribution < 1.29 is 9.18 Å². The lowest BCUT2D eigenvalue weighted by Crippen LogP contribution is -2.28. The van der Waals surface area contributed by atoms with Crippen molar-refractivity contribution in [2.24, 2.45) is 0 Å². The van der Waals surface area contributed by atoms with Crippen molar-refractivity contribution in [2.75, 3.05) is 18.4 Å². The second kappa shape index (κ2) is 7.01. The van der Waals surface area contributed by atoms with Crippen molar-refractivity contribution in [2.45, 2.75) is 19.1 Å². The molecule has 1 N–H and O–H groups in total. The summed E-state index contributed by atoms with van der Waals surface area (Å²) >= 11 is 5.87. The largest absolute Gasteiger partial charge is 0.381 e. The zero-order chi connectivity index (χ0) is 16.2. The number of anilines is 1. The number of benzene rings is 2. The lowest BCUT2D eigenvalue weighted by molar-refractivity contribution is 0.0783. The van der Waals surface area contributed by atoms with Crippen LogP contribution < -0.4 is 5.32 Å². The average Bonchev–Trinajstić information content (AvgIpc) is 3.00. The Kier molecular flexibility index (Phi) is 4.82. The first kappa shape index (κ1) is 15.8. The van der Waals surface area contributed by atoms with Gasteiger partial charge in [0.25, 0.3) is 5.91 Å². The Hall–Kier alpha value is -2.07. The smallest absolute Gasteiger partial charge is 0.254 e. The Morgan fingerprint density at radius 1 is 1.26 bits per heavy atom. The number of carbonyl (C=O) groups excluding carboxylic acids is 1. The standard InChI is InChI=1S/C18H18ClFN2O/c19-15-6-4-13(5-7-15)11-21-17-3-1-2-14(10-17)18(23)22-9-8-16(20)12-22/h1-7,10,16,21H,8-9,11-12H2/t16-/m1/s1. The molecule has 0 radical (unpaired) electrons. The van der Waals surface area contributed by atoms with Gasteiger partial charge in [-0.05, 0) is 42.3 Å². The SMILES string of the molecule is O=C(c1cccc(NCc2ccc(Cl)cc2)c1)N1CC[C@@H](F)C1. The third-order valence-corrected chi connectivity index (χ3v) is 4.19. The molecule has 0 saturated carbocycles. The highest BCUT2D eigenvalue weighted by molar-refractivity contribution is 6.30. The Bertz CT molecular complexity index is 690. The number of nitrogens with one attached hydrogen (secondary N) is 1. The number of alkyl halides is 1. The van der Waals surface area contributed by atoms with E-state index in [1.807, 2.05) is 42.5 Å². The van der Waals surface area contributed by atoms with Crippen LogP contribution in [0.3, 0.4) is 0 Å². The van der Waals surface area contributed by atoms with Crippen molar-refractivity contribution in [1.29, 1.82) is 0 Å². The molecule has 0 aliphatic carbocycles. The summed E-state index contributed by atoms with van der Waals surface area (Å²) in [4.78, 5) is 13.9. The van der Waals surface area contributed by atoms with Gasteiger partial charge in [0.2, 0.25) is 0 Å². The molecule has 1 heterocycles. The molecule has 1 amide bonds. The molecule has 1 aliphatic rings. The van der Waals surface area contributed by atoms with Crippen LogP contribution in [-0.2, 0) is 6.54 Å². The van der Waals surface area contributed by atoms with Crippen LogP contribution in [0.5, 0.6) is 0 Å². The van der Waals surface area contributed by atoms with E-state index in [1.54, 1.807) is 11.0 Å². The maximum atomic E-state index is 13.3. The molecule has 1 atom stereocenters. The Labute approximate surface area is 140 Å². The second-order valence-corrected chi connectivity index (χ2v) is 6.13. The van der Waals surface area contributed by atoms with Crippen LogP contribution in [0, 0.1) is 0 Å². The van der Waals surface area contributed by atoms with Gasteiger partial charge in [0.1, 0.15) is 6.17 Å². The van der Waals surface area contributed by atoms with E-state index >= 15 is 0 Å². The van der Waals surface area contributed by atoms with Crippen LogP contribution >= 0.6 is 11.6 Å². The van der Waals surface area contributed by atoms with Gasteiger partial charge < -0.3 is 10.2 Å². The van der Waals surface area contributed by atoms with E-state index in [2.05, 4.69) is 5.32 Å². The molecular formula is C18H18ClFN2O. The van der Waals surface area contributed by atoms with E-state index in [0.717, 1.165) is 11.3 Å². The monoisotopic (exact) mass is 332 g/mol. The average molecular weight is 333 g/mol. The molecule has 3 nitrogen and oxygen atoms in total. The Morgan fingerprint density at radius 3 is 2.74 bits per heavy atom. The van der Waals surface area contributed by atoms with Crippen LogP contribution in [-0.4, -0.2) is 30.1 Å². The summed E-state index contributed by atoms with van der Waals surface area (Å²) in [5.74, 6) is -0.111. The predicted molar refractivity (Wildman–Crippen MR) is 90.6 cm³/mol. The topological polar surface area (TPSA) is 32.3 Å². The Morgan fingerprint density at radius 2 is 2.04 bits per heavy atom. The predicted octanol–water partition coefficient (Wildman–Crippen LogP) is 4.14. The number of halogens is 2. The zero-order valence-corrected chi connectivity index (χ0v) is 13.4. The third-order valence-electron chi connectivity index (χ3n) is 3.94. The van der Waals surface area contributed by atoms with Gasteiger partial charge in [-0.2, -0.15) is 0 Å². The molecule has 3 rings (SSSR count). The minimum absolute atomic E-state index is 0.111. The maximum Gasteiger partial charge on any atom is 0.254 e. The van der Waals surface area contributed by atoms with Gasteiger partial charge in [-0.15, -0.1) is 0 Å². The van der Waals surface area contributed by atoms with Gasteiger partial charge in [-0.25, -0.2) is 4.39 Å². The fraction of sp³-hybridized carbons (Fsp3) is 0.278. The molecule has 1 fully saturated rings. The highest BCUT2D eigenvalue weighted by Gasteiger charge is 2.26. The van der Waals surface area contributed by atoms with Crippen LogP contribution in [0.1, 0.15) is 22.3 Å². The molecular weight excluding hydrogens is 315 g/mol. The number of carbonyl (C=O) groups is 1. The fourth-order valence-electron chi connectivity index (χ4n) is 2.65. The van der Waals surface area contributed by atoms with Crippen LogP contribution in [0.25, 0.3) is 0 Å². The lowest BCUT2D eigenvalue weighted by atomic mass is 10.1. The first-order valence-corrected chi connectivity index (χ1v) is 8.01. The number of likely N-dealkylation sites (tertiary alicyclic amines) is 1. The van der Waals surface area contributed by atoms with E-state index in [0.29, 0.717) is 30.1 Å². The maximum absolute atomic E-state index is 13.3.